The molecule has 1 rings (SSSR count). The van der Waals surface area contributed by atoms with Crippen LogP contribution >= 0.6 is 0 Å². The van der Waals surface area contributed by atoms with E-state index in [4.69, 9.17) is 0 Å². The third kappa shape index (κ3) is 15.7. The van der Waals surface area contributed by atoms with Crippen LogP contribution in [0.5, 0.6) is 0 Å². The molecular formula is C5H10F4Nb. The van der Waals surface area contributed by atoms with Crippen LogP contribution in [0.25, 0.3) is 0 Å². The van der Waals surface area contributed by atoms with E-state index < -0.39 is 0 Å². The van der Waals surface area contributed by atoms with Crippen molar-refractivity contribution in [2.75, 3.05) is 0 Å². The molecule has 0 aromatic carbocycles. The Labute approximate surface area is 72.4 Å². The molecule has 0 nitrogen and oxygen atoms in total. The maximum Gasteiger partial charge on any atom is 0 e. The van der Waals surface area contributed by atoms with Gasteiger partial charge in [0.05, 0.1) is 0 Å². The average molecular weight is 239 g/mol. The molecule has 5 heteroatoms. The van der Waals surface area contributed by atoms with Crippen LogP contribution in [0.15, 0.2) is 24.3 Å². The van der Waals surface area contributed by atoms with Crippen molar-refractivity contribution in [2.24, 2.45) is 0 Å². The van der Waals surface area contributed by atoms with Crippen LogP contribution in [0.4, 0.5) is 18.8 Å². The SMILES string of the molecule is C1=CCC=C1.F.F.F.F.[Nb]. The van der Waals surface area contributed by atoms with Crippen molar-refractivity contribution in [3.8, 4) is 0 Å². The molecule has 0 fully saturated rings. The molecule has 0 aromatic rings. The van der Waals surface area contributed by atoms with Crippen molar-refractivity contribution >= 4 is 0 Å². The Morgan fingerprint density at radius 2 is 1.00 bits per heavy atom. The summed E-state index contributed by atoms with van der Waals surface area (Å²) in [5.74, 6) is 0. The molecule has 1 aliphatic rings. The van der Waals surface area contributed by atoms with Crippen LogP contribution in [-0.2, 0) is 22.4 Å². The molecule has 0 spiro atoms. The van der Waals surface area contributed by atoms with Crippen LogP contribution in [0.1, 0.15) is 6.42 Å². The maximum atomic E-state index is 2.12. The van der Waals surface area contributed by atoms with E-state index in [2.05, 4.69) is 24.3 Å². The van der Waals surface area contributed by atoms with Crippen LogP contribution in [0.3, 0.4) is 0 Å². The van der Waals surface area contributed by atoms with E-state index in [9.17, 15) is 0 Å². The maximum absolute atomic E-state index is 2.12. The summed E-state index contributed by atoms with van der Waals surface area (Å²) in [4.78, 5) is 0. The summed E-state index contributed by atoms with van der Waals surface area (Å²) in [6.45, 7) is 0. The van der Waals surface area contributed by atoms with Gasteiger partial charge in [0.25, 0.3) is 0 Å². The summed E-state index contributed by atoms with van der Waals surface area (Å²) in [7, 11) is 0. The predicted molar refractivity (Wildman–Crippen MR) is 32.9 cm³/mol. The van der Waals surface area contributed by atoms with Crippen molar-refractivity contribution in [1.29, 1.82) is 0 Å². The number of hydrogen-bond donors (Lipinski definition) is 0. The van der Waals surface area contributed by atoms with Gasteiger partial charge in [-0.2, -0.15) is 0 Å². The first-order valence-electron chi connectivity index (χ1n) is 1.82. The molecule has 0 aliphatic heterocycles. The Hall–Kier alpha value is -0.0597. The zero-order valence-electron chi connectivity index (χ0n) is 5.10. The largest absolute Gasteiger partial charge is 0.269 e. The molecule has 0 bridgehead atoms. The normalized spacial score (nSPS) is 8.80. The number of halogens is 4. The fourth-order valence-corrected chi connectivity index (χ4v) is 0.393. The van der Waals surface area contributed by atoms with Crippen molar-refractivity contribution in [3.63, 3.8) is 0 Å². The third-order valence-electron chi connectivity index (χ3n) is 0.655. The van der Waals surface area contributed by atoms with Gasteiger partial charge in [-0.05, 0) is 6.42 Å². The molecule has 0 amide bonds. The molecule has 0 atom stereocenters. The minimum atomic E-state index is 0. The van der Waals surface area contributed by atoms with Crippen molar-refractivity contribution in [2.45, 2.75) is 6.42 Å². The molecule has 0 heterocycles. The Morgan fingerprint density at radius 1 is 0.700 bits per heavy atom. The van der Waals surface area contributed by atoms with Gasteiger partial charge in [-0.15, -0.1) is 0 Å². The first-order chi connectivity index (χ1) is 2.50. The molecule has 1 aliphatic carbocycles. The molecule has 0 N–H and O–H groups in total. The number of allylic oxidation sites excluding steroid dienone is 4. The van der Waals surface area contributed by atoms with Gasteiger partial charge < -0.3 is 0 Å². The summed E-state index contributed by atoms with van der Waals surface area (Å²) in [5.41, 5.74) is 0. The number of rotatable bonds is 0. The third-order valence-corrected chi connectivity index (χ3v) is 0.655. The van der Waals surface area contributed by atoms with Gasteiger partial charge in [0.15, 0.2) is 0 Å². The second-order valence-corrected chi connectivity index (χ2v) is 1.09. The van der Waals surface area contributed by atoms with Crippen molar-refractivity contribution < 1.29 is 41.2 Å². The smallest absolute Gasteiger partial charge is 0 e. The van der Waals surface area contributed by atoms with Crippen LogP contribution < -0.4 is 0 Å². The molecule has 0 saturated heterocycles. The predicted octanol–water partition coefficient (Wildman–Crippen LogP) is 2.11. The topological polar surface area (TPSA) is 0 Å². The molecule has 0 aromatic heterocycles. The molecule has 10 heavy (non-hydrogen) atoms. The Morgan fingerprint density at radius 3 is 1.10 bits per heavy atom. The summed E-state index contributed by atoms with van der Waals surface area (Å²) >= 11 is 0. The Kier molecular flexibility index (Phi) is 75.2. The molecule has 63 valence electrons. The van der Waals surface area contributed by atoms with E-state index in [0.717, 1.165) is 6.42 Å². The van der Waals surface area contributed by atoms with Gasteiger partial charge in [0, 0.05) is 22.4 Å². The molecular weight excluding hydrogens is 229 g/mol. The van der Waals surface area contributed by atoms with Gasteiger partial charge in [0.1, 0.15) is 0 Å². The van der Waals surface area contributed by atoms with Gasteiger partial charge in [-0.25, -0.2) is 0 Å². The Bertz CT molecular complexity index is 71.7. The van der Waals surface area contributed by atoms with Crippen LogP contribution in [0.2, 0.25) is 0 Å². The summed E-state index contributed by atoms with van der Waals surface area (Å²) in [6, 6.07) is 0. The minimum Gasteiger partial charge on any atom is -0.269 e. The second-order valence-electron chi connectivity index (χ2n) is 1.09. The van der Waals surface area contributed by atoms with E-state index in [-0.39, 0.29) is 41.2 Å². The first-order valence-corrected chi connectivity index (χ1v) is 1.82. The molecule has 0 saturated carbocycles. The quantitative estimate of drug-likeness (QED) is 0.448. The zero-order valence-corrected chi connectivity index (χ0v) is 7.30. The van der Waals surface area contributed by atoms with Crippen molar-refractivity contribution in [1.82, 2.24) is 0 Å². The van der Waals surface area contributed by atoms with E-state index >= 15 is 0 Å². The monoisotopic (exact) mass is 239 g/mol. The molecule has 0 unspecified atom stereocenters. The van der Waals surface area contributed by atoms with Gasteiger partial charge in [0.2, 0.25) is 0 Å². The fourth-order valence-electron chi connectivity index (χ4n) is 0.393. The van der Waals surface area contributed by atoms with E-state index in [1.54, 1.807) is 0 Å². The van der Waals surface area contributed by atoms with Gasteiger partial charge in [-0.1, -0.05) is 24.3 Å². The van der Waals surface area contributed by atoms with Crippen LogP contribution in [-0.4, -0.2) is 0 Å². The van der Waals surface area contributed by atoms with Crippen molar-refractivity contribution in [3.05, 3.63) is 24.3 Å². The van der Waals surface area contributed by atoms with E-state index in [1.807, 2.05) is 0 Å². The standard InChI is InChI=1S/C5H6.4FH.Nb/c1-2-4-5-3-1;;;;;/h1-4H,5H2;4*1H;. The van der Waals surface area contributed by atoms with Gasteiger partial charge in [-0.3, -0.25) is 18.8 Å². The van der Waals surface area contributed by atoms with Gasteiger partial charge >= 0.3 is 0 Å². The average Bonchev–Trinajstić information content (AvgIpc) is 1.76. The first kappa shape index (κ1) is 32.6. The molecule has 1 radical (unpaired) electrons. The minimum absolute atomic E-state index is 0. The van der Waals surface area contributed by atoms with E-state index in [1.165, 1.54) is 0 Å². The summed E-state index contributed by atoms with van der Waals surface area (Å²) in [5, 5.41) is 0. The Balaban J connectivity index is -0.0000000167. The fraction of sp³-hybridized carbons (Fsp3) is 0.200. The summed E-state index contributed by atoms with van der Waals surface area (Å²) < 4.78 is 0. The number of hydrogen-bond acceptors (Lipinski definition) is 0. The van der Waals surface area contributed by atoms with Crippen LogP contribution in [0, 0.1) is 0 Å². The second kappa shape index (κ2) is 23.1. The van der Waals surface area contributed by atoms with E-state index in [0.29, 0.717) is 0 Å². The summed E-state index contributed by atoms with van der Waals surface area (Å²) in [6.07, 6.45) is 9.50. The zero-order chi connectivity index (χ0) is 3.54.